The van der Waals surface area contributed by atoms with Gasteiger partial charge in [0.2, 0.25) is 11.8 Å². The van der Waals surface area contributed by atoms with Crippen molar-refractivity contribution in [3.63, 3.8) is 0 Å². The smallest absolute Gasteiger partial charge is 0.236 e. The van der Waals surface area contributed by atoms with Crippen LogP contribution in [-0.2, 0) is 22.7 Å². The van der Waals surface area contributed by atoms with Crippen molar-refractivity contribution >= 4 is 23.2 Å². The lowest BCUT2D eigenvalue weighted by Crippen LogP contribution is -2.44. The first-order valence-electron chi connectivity index (χ1n) is 9.41. The van der Waals surface area contributed by atoms with Gasteiger partial charge >= 0.3 is 0 Å². The molecule has 2 amide bonds. The highest BCUT2D eigenvalue weighted by molar-refractivity contribution is 7.07. The minimum absolute atomic E-state index is 0.0450. The molecule has 1 aliphatic heterocycles. The van der Waals surface area contributed by atoms with Crippen LogP contribution in [0.15, 0.2) is 47.2 Å². The van der Waals surface area contributed by atoms with Crippen LogP contribution in [0, 0.1) is 5.92 Å². The molecule has 0 saturated carbocycles. The second kappa shape index (κ2) is 9.67. The predicted molar refractivity (Wildman–Crippen MR) is 108 cm³/mol. The van der Waals surface area contributed by atoms with Crippen molar-refractivity contribution in [2.45, 2.75) is 25.9 Å². The number of carbonyl (C=O) groups is 2. The average Bonchev–Trinajstić information content (AvgIpc) is 3.20. The molecule has 0 aliphatic carbocycles. The molecule has 1 N–H and O–H groups in total. The zero-order valence-electron chi connectivity index (χ0n) is 15.8. The van der Waals surface area contributed by atoms with E-state index < -0.39 is 0 Å². The molecule has 1 fully saturated rings. The largest absolute Gasteiger partial charge is 0.352 e. The van der Waals surface area contributed by atoms with E-state index in [1.165, 1.54) is 5.56 Å². The third-order valence-electron chi connectivity index (χ3n) is 5.05. The van der Waals surface area contributed by atoms with E-state index in [9.17, 15) is 9.59 Å². The zero-order chi connectivity index (χ0) is 19.1. The van der Waals surface area contributed by atoms with Crippen LogP contribution in [0.2, 0.25) is 0 Å². The summed E-state index contributed by atoms with van der Waals surface area (Å²) in [5, 5.41) is 7.14. The lowest BCUT2D eigenvalue weighted by atomic mass is 9.96. The van der Waals surface area contributed by atoms with Crippen molar-refractivity contribution < 1.29 is 9.59 Å². The number of likely N-dealkylation sites (tertiary alicyclic amines) is 1. The Morgan fingerprint density at radius 2 is 1.89 bits per heavy atom. The van der Waals surface area contributed by atoms with E-state index in [4.69, 9.17) is 0 Å². The standard InChI is InChI=1S/C21H27N3O2S/c1-23(14-18-9-12-27-16-18)20(25)15-24-10-7-19(8-11-24)21(26)22-13-17-5-3-2-4-6-17/h2-6,9,12,16,19H,7-8,10-11,13-15H2,1H3,(H,22,26). The SMILES string of the molecule is CN(Cc1ccsc1)C(=O)CN1CCC(C(=O)NCc2ccccc2)CC1. The Morgan fingerprint density at radius 3 is 2.56 bits per heavy atom. The number of rotatable bonds is 7. The Labute approximate surface area is 165 Å². The van der Waals surface area contributed by atoms with E-state index in [0.717, 1.165) is 31.5 Å². The van der Waals surface area contributed by atoms with E-state index >= 15 is 0 Å². The summed E-state index contributed by atoms with van der Waals surface area (Å²) in [7, 11) is 1.85. The molecule has 1 saturated heterocycles. The van der Waals surface area contributed by atoms with Gasteiger partial charge in [0.15, 0.2) is 0 Å². The van der Waals surface area contributed by atoms with Crippen LogP contribution >= 0.6 is 11.3 Å². The van der Waals surface area contributed by atoms with Crippen LogP contribution in [0.5, 0.6) is 0 Å². The van der Waals surface area contributed by atoms with Gasteiger partial charge in [-0.2, -0.15) is 11.3 Å². The first kappa shape index (κ1) is 19.6. The molecular weight excluding hydrogens is 358 g/mol. The van der Waals surface area contributed by atoms with Crippen molar-refractivity contribution in [2.24, 2.45) is 5.92 Å². The first-order valence-corrected chi connectivity index (χ1v) is 10.3. The van der Waals surface area contributed by atoms with Gasteiger partial charge in [0.1, 0.15) is 0 Å². The summed E-state index contributed by atoms with van der Waals surface area (Å²) in [5.74, 6) is 0.302. The fourth-order valence-electron chi connectivity index (χ4n) is 3.34. The van der Waals surface area contributed by atoms with Gasteiger partial charge in [0, 0.05) is 26.1 Å². The summed E-state index contributed by atoms with van der Waals surface area (Å²) in [6.45, 7) is 3.24. The van der Waals surface area contributed by atoms with E-state index in [-0.39, 0.29) is 17.7 Å². The molecule has 1 aromatic carbocycles. The number of hydrogen-bond donors (Lipinski definition) is 1. The number of amides is 2. The fraction of sp³-hybridized carbons (Fsp3) is 0.429. The number of carbonyl (C=O) groups excluding carboxylic acids is 2. The van der Waals surface area contributed by atoms with Crippen molar-refractivity contribution in [3.05, 3.63) is 58.3 Å². The molecule has 0 unspecified atom stereocenters. The highest BCUT2D eigenvalue weighted by Crippen LogP contribution is 2.18. The topological polar surface area (TPSA) is 52.7 Å². The monoisotopic (exact) mass is 385 g/mol. The van der Waals surface area contributed by atoms with Crippen LogP contribution in [0.1, 0.15) is 24.0 Å². The Balaban J connectivity index is 1.38. The van der Waals surface area contributed by atoms with Gasteiger partial charge in [-0.1, -0.05) is 30.3 Å². The van der Waals surface area contributed by atoms with Gasteiger partial charge < -0.3 is 10.2 Å². The van der Waals surface area contributed by atoms with Gasteiger partial charge in [0.05, 0.1) is 6.54 Å². The summed E-state index contributed by atoms with van der Waals surface area (Å²) in [4.78, 5) is 28.7. The summed E-state index contributed by atoms with van der Waals surface area (Å²) in [6, 6.07) is 12.0. The van der Waals surface area contributed by atoms with E-state index in [1.54, 1.807) is 16.2 Å². The summed E-state index contributed by atoms with van der Waals surface area (Å²) >= 11 is 1.65. The molecule has 0 atom stereocenters. The molecule has 3 rings (SSSR count). The predicted octanol–water partition coefficient (Wildman–Crippen LogP) is 2.73. The summed E-state index contributed by atoms with van der Waals surface area (Å²) in [5.41, 5.74) is 2.28. The van der Waals surface area contributed by atoms with Gasteiger partial charge in [-0.15, -0.1) is 0 Å². The Morgan fingerprint density at radius 1 is 1.15 bits per heavy atom. The highest BCUT2D eigenvalue weighted by Gasteiger charge is 2.26. The molecular formula is C21H27N3O2S. The van der Waals surface area contributed by atoms with Gasteiger partial charge in [-0.25, -0.2) is 0 Å². The normalized spacial score (nSPS) is 15.4. The Kier molecular flexibility index (Phi) is 7.01. The molecule has 27 heavy (non-hydrogen) atoms. The summed E-state index contributed by atoms with van der Waals surface area (Å²) in [6.07, 6.45) is 1.62. The van der Waals surface area contributed by atoms with Crippen molar-refractivity contribution in [1.82, 2.24) is 15.1 Å². The maximum atomic E-state index is 12.4. The molecule has 1 aromatic heterocycles. The van der Waals surface area contributed by atoms with Crippen LogP contribution in [0.4, 0.5) is 0 Å². The molecule has 0 bridgehead atoms. The second-order valence-corrected chi connectivity index (χ2v) is 7.92. The number of thiophene rings is 1. The summed E-state index contributed by atoms with van der Waals surface area (Å²) < 4.78 is 0. The zero-order valence-corrected chi connectivity index (χ0v) is 16.6. The van der Waals surface area contributed by atoms with Gasteiger partial charge in [-0.3, -0.25) is 14.5 Å². The molecule has 0 spiro atoms. The van der Waals surface area contributed by atoms with E-state index in [0.29, 0.717) is 19.6 Å². The van der Waals surface area contributed by atoms with Crippen molar-refractivity contribution in [1.29, 1.82) is 0 Å². The number of hydrogen-bond acceptors (Lipinski definition) is 4. The van der Waals surface area contributed by atoms with Crippen molar-refractivity contribution in [2.75, 3.05) is 26.7 Å². The fourth-order valence-corrected chi connectivity index (χ4v) is 4.00. The van der Waals surface area contributed by atoms with Crippen LogP contribution in [0.3, 0.4) is 0 Å². The number of benzene rings is 1. The van der Waals surface area contributed by atoms with E-state index in [2.05, 4.69) is 15.6 Å². The maximum absolute atomic E-state index is 12.4. The number of nitrogens with zero attached hydrogens (tertiary/aromatic N) is 2. The molecule has 0 radical (unpaired) electrons. The third-order valence-corrected chi connectivity index (χ3v) is 5.78. The molecule has 2 aromatic rings. The van der Waals surface area contributed by atoms with Crippen LogP contribution in [-0.4, -0.2) is 48.3 Å². The third kappa shape index (κ3) is 5.91. The maximum Gasteiger partial charge on any atom is 0.236 e. The second-order valence-electron chi connectivity index (χ2n) is 7.14. The first-order chi connectivity index (χ1) is 13.1. The number of piperidine rings is 1. The van der Waals surface area contributed by atoms with Gasteiger partial charge in [0.25, 0.3) is 0 Å². The van der Waals surface area contributed by atoms with Crippen LogP contribution in [0.25, 0.3) is 0 Å². The molecule has 5 nitrogen and oxygen atoms in total. The number of likely N-dealkylation sites (N-methyl/N-ethyl adjacent to an activating group) is 1. The molecule has 2 heterocycles. The van der Waals surface area contributed by atoms with Crippen molar-refractivity contribution in [3.8, 4) is 0 Å². The lowest BCUT2D eigenvalue weighted by Gasteiger charge is -2.31. The van der Waals surface area contributed by atoms with Crippen LogP contribution < -0.4 is 5.32 Å². The quantitative estimate of drug-likeness (QED) is 0.797. The van der Waals surface area contributed by atoms with E-state index in [1.807, 2.05) is 48.8 Å². The lowest BCUT2D eigenvalue weighted by molar-refractivity contribution is -0.132. The Hall–Kier alpha value is -2.18. The molecule has 6 heteroatoms. The molecule has 144 valence electrons. The number of nitrogens with one attached hydrogen (secondary N) is 1. The minimum Gasteiger partial charge on any atom is -0.352 e. The molecule has 1 aliphatic rings. The highest BCUT2D eigenvalue weighted by atomic mass is 32.1. The minimum atomic E-state index is 0.0450. The Bertz CT molecular complexity index is 725. The van der Waals surface area contributed by atoms with Gasteiger partial charge in [-0.05, 0) is 53.9 Å². The average molecular weight is 386 g/mol.